The van der Waals surface area contributed by atoms with Crippen LogP contribution in [0.15, 0.2) is 47.1 Å². The highest BCUT2D eigenvalue weighted by atomic mass is 16.7. The average Bonchev–Trinajstić information content (AvgIpc) is 3.58. The normalized spacial score (nSPS) is 50.0. The Hall–Kier alpha value is -2.05. The second kappa shape index (κ2) is 19.7. The van der Waals surface area contributed by atoms with Crippen molar-refractivity contribution in [2.75, 3.05) is 20.8 Å². The van der Waals surface area contributed by atoms with Crippen molar-refractivity contribution in [1.29, 1.82) is 0 Å². The molecule has 63 heavy (non-hydrogen) atoms. The Morgan fingerprint density at radius 3 is 2.41 bits per heavy atom. The lowest BCUT2D eigenvalue weighted by Crippen LogP contribution is -2.61. The smallest absolute Gasteiger partial charge is 0.337 e. The third kappa shape index (κ3) is 9.99. The minimum absolute atomic E-state index is 0.0328. The van der Waals surface area contributed by atoms with E-state index in [2.05, 4.69) is 47.6 Å². The molecule has 2 bridgehead atoms. The zero-order chi connectivity index (χ0) is 45.6. The zero-order valence-electron chi connectivity index (χ0n) is 39.1. The fourth-order valence-corrected chi connectivity index (χ4v) is 11.4. The number of methoxy groups -OCH3 is 2. The molecule has 7 aliphatic rings. The van der Waals surface area contributed by atoms with Gasteiger partial charge in [-0.05, 0) is 75.0 Å². The molecule has 7 rings (SSSR count). The summed E-state index contributed by atoms with van der Waals surface area (Å²) in [6.07, 6.45) is 7.44. The number of hydrogen-bond acceptors (Lipinski definition) is 14. The van der Waals surface area contributed by atoms with Crippen LogP contribution in [-0.4, -0.2) is 144 Å². The number of rotatable bonds is 8. The largest absolute Gasteiger partial charge is 0.459 e. The van der Waals surface area contributed by atoms with Gasteiger partial charge in [-0.1, -0.05) is 65.3 Å². The monoisotopic (exact) mass is 889 g/mol. The van der Waals surface area contributed by atoms with E-state index in [0.29, 0.717) is 55.9 Å². The first-order chi connectivity index (χ1) is 29.8. The van der Waals surface area contributed by atoms with Crippen LogP contribution in [0.4, 0.5) is 0 Å². The van der Waals surface area contributed by atoms with Gasteiger partial charge >= 0.3 is 5.97 Å². The fourth-order valence-electron chi connectivity index (χ4n) is 11.4. The van der Waals surface area contributed by atoms with Gasteiger partial charge in [0, 0.05) is 52.2 Å². The summed E-state index contributed by atoms with van der Waals surface area (Å²) < 4.78 is 57.7. The van der Waals surface area contributed by atoms with Crippen molar-refractivity contribution >= 4 is 5.97 Å². The molecule has 0 amide bonds. The minimum Gasteiger partial charge on any atom is -0.459 e. The highest BCUT2D eigenvalue weighted by Crippen LogP contribution is 2.48. The lowest BCUT2D eigenvalue weighted by Gasteiger charge is -2.51. The van der Waals surface area contributed by atoms with Gasteiger partial charge in [0.15, 0.2) is 12.1 Å². The molecule has 4 N–H and O–H groups in total. The molecule has 5 heterocycles. The number of aliphatic hydroxyl groups excluding tert-OH is 2. The number of allylic oxidation sites excluding steroid dienone is 2. The Bertz CT molecular complexity index is 1720. The van der Waals surface area contributed by atoms with Gasteiger partial charge in [-0.15, -0.1) is 0 Å². The van der Waals surface area contributed by atoms with Gasteiger partial charge < -0.3 is 63.1 Å². The minimum atomic E-state index is -2.05. The summed E-state index contributed by atoms with van der Waals surface area (Å²) in [6.45, 7) is 16.1. The molecule has 0 radical (unpaired) electrons. The number of carbonyl (C=O) groups excluding carboxylic acids is 1. The molecule has 4 saturated heterocycles. The summed E-state index contributed by atoms with van der Waals surface area (Å²) in [7, 11) is 3.28. The van der Waals surface area contributed by atoms with Crippen LogP contribution >= 0.6 is 0 Å². The molecule has 356 valence electrons. The first-order valence-corrected chi connectivity index (χ1v) is 23.6. The van der Waals surface area contributed by atoms with E-state index in [4.69, 9.17) is 42.6 Å². The van der Waals surface area contributed by atoms with Gasteiger partial charge in [0.25, 0.3) is 0 Å². The van der Waals surface area contributed by atoms with Crippen LogP contribution in [0.25, 0.3) is 0 Å². The third-order valence-corrected chi connectivity index (χ3v) is 15.4. The van der Waals surface area contributed by atoms with Crippen LogP contribution in [0.3, 0.4) is 0 Å². The molecule has 14 nitrogen and oxygen atoms in total. The van der Waals surface area contributed by atoms with Gasteiger partial charge in [0.05, 0.1) is 61.0 Å². The standard InChI is InChI=1S/C49H76O14/c1-11-26(2)42-29(5)17-18-48(63-42)23-35-20-33(62-48)16-15-28(4)41(59-34-19-30(6)43(38(21-34)56-10)61-39-22-37(55-9)40(50)31(7)58-39)27(3)13-12-14-32-25-57-45-44(51)47(8,53)24-36(46(52)60-35)49(32,45)54/h12-15,24,26-27,29-31,33-35,37-45,50-51,53-54H,11,16-23,25H2,1-10H3/b13-12+,28-15+,32-14+/t26-,27-,29-,30+,31-,33+,34+,35-,37-,38-,39-,40-,41-,42+,43-,44-,45+,47+,48+,49+/m0/s1. The average molecular weight is 889 g/mol. The number of hydrogen-bond donors (Lipinski definition) is 4. The molecule has 0 aromatic rings. The molecule has 14 heteroatoms. The lowest BCUT2D eigenvalue weighted by atomic mass is 9.71. The van der Waals surface area contributed by atoms with Crippen molar-refractivity contribution in [1.82, 2.24) is 0 Å². The Morgan fingerprint density at radius 2 is 1.70 bits per heavy atom. The number of fused-ring (bicyclic) bond motifs is 2. The SMILES string of the molecule is CC[C@H](C)[C@H]1O[C@]2(CC[C@@H]1C)C[C@@H]1C[C@@H](C/C=C(\C)[C@@H](O[C@@H]3C[C@@H](C)[C@H](O[C@H]4C[C@H](OC)[C@@H](O)[C@H](C)O4)[C@@H](OC)C3)[C@@H](C)/C=C/C=C3\CO[C@@H]4[C@H](O)[C@](C)(O)C=C(C(=O)O1)[C@]34O)O2. The van der Waals surface area contributed by atoms with Gasteiger partial charge in [-0.2, -0.15) is 0 Å². The molecular formula is C49H76O14. The van der Waals surface area contributed by atoms with E-state index in [0.717, 1.165) is 24.8 Å². The van der Waals surface area contributed by atoms with Crippen molar-refractivity contribution in [3.63, 3.8) is 0 Å². The number of aliphatic hydroxyl groups is 4. The Labute approximate surface area is 374 Å². The molecule has 0 unspecified atom stereocenters. The second-order valence-corrected chi connectivity index (χ2v) is 20.2. The summed E-state index contributed by atoms with van der Waals surface area (Å²) in [5.74, 6) is -1.22. The lowest BCUT2D eigenvalue weighted by molar-refractivity contribution is -0.340. The molecule has 1 spiro atoms. The molecule has 0 aromatic heterocycles. The van der Waals surface area contributed by atoms with Crippen molar-refractivity contribution in [3.8, 4) is 0 Å². The predicted octanol–water partition coefficient (Wildman–Crippen LogP) is 5.38. The summed E-state index contributed by atoms with van der Waals surface area (Å²) in [6, 6.07) is 0. The molecule has 2 aliphatic carbocycles. The first-order valence-electron chi connectivity index (χ1n) is 23.6. The van der Waals surface area contributed by atoms with Crippen LogP contribution in [-0.2, 0) is 47.4 Å². The predicted molar refractivity (Wildman–Crippen MR) is 232 cm³/mol. The zero-order valence-corrected chi connectivity index (χ0v) is 39.1. The van der Waals surface area contributed by atoms with Crippen molar-refractivity contribution in [3.05, 3.63) is 47.1 Å². The van der Waals surface area contributed by atoms with Gasteiger partial charge in [-0.25, -0.2) is 4.79 Å². The summed E-state index contributed by atoms with van der Waals surface area (Å²) >= 11 is 0. The maximum atomic E-state index is 14.4. The van der Waals surface area contributed by atoms with E-state index in [1.54, 1.807) is 20.3 Å². The van der Waals surface area contributed by atoms with Crippen LogP contribution < -0.4 is 0 Å². The quantitative estimate of drug-likeness (QED) is 0.180. The first kappa shape index (κ1) is 48.9. The van der Waals surface area contributed by atoms with Gasteiger partial charge in [0.2, 0.25) is 0 Å². The Morgan fingerprint density at radius 1 is 0.952 bits per heavy atom. The van der Waals surface area contributed by atoms with E-state index >= 15 is 0 Å². The fraction of sp³-hybridized carbons (Fsp3) is 0.816. The maximum absolute atomic E-state index is 14.4. The molecule has 5 fully saturated rings. The van der Waals surface area contributed by atoms with Crippen molar-refractivity contribution in [2.24, 2.45) is 23.7 Å². The van der Waals surface area contributed by atoms with E-state index in [1.807, 2.05) is 19.1 Å². The molecule has 1 saturated carbocycles. The maximum Gasteiger partial charge on any atom is 0.337 e. The van der Waals surface area contributed by atoms with E-state index < -0.39 is 59.8 Å². The highest BCUT2D eigenvalue weighted by Gasteiger charge is 2.62. The van der Waals surface area contributed by atoms with Crippen molar-refractivity contribution < 1.29 is 67.9 Å². The molecule has 20 atom stereocenters. The molecule has 0 aromatic carbocycles. The number of esters is 1. The Balaban J connectivity index is 1.19. The molecular weight excluding hydrogens is 813 g/mol. The highest BCUT2D eigenvalue weighted by molar-refractivity contribution is 5.93. The molecule has 5 aliphatic heterocycles. The number of ether oxygens (including phenoxy) is 9. The Kier molecular flexibility index (Phi) is 15.2. The number of carbonyl (C=O) groups is 1. The summed E-state index contributed by atoms with van der Waals surface area (Å²) in [5, 5.41) is 45.6. The summed E-state index contributed by atoms with van der Waals surface area (Å²) in [5.41, 5.74) is -2.68. The summed E-state index contributed by atoms with van der Waals surface area (Å²) in [4.78, 5) is 14.4. The van der Waals surface area contributed by atoms with E-state index in [9.17, 15) is 25.2 Å². The van der Waals surface area contributed by atoms with Crippen LogP contribution in [0.5, 0.6) is 0 Å². The topological polar surface area (TPSA) is 181 Å². The van der Waals surface area contributed by atoms with Crippen LogP contribution in [0.1, 0.15) is 113 Å². The van der Waals surface area contributed by atoms with Crippen molar-refractivity contribution in [2.45, 2.75) is 210 Å². The van der Waals surface area contributed by atoms with Crippen LogP contribution in [0, 0.1) is 23.7 Å². The van der Waals surface area contributed by atoms with Gasteiger partial charge in [-0.3, -0.25) is 0 Å². The van der Waals surface area contributed by atoms with Crippen LogP contribution in [0.2, 0.25) is 0 Å². The van der Waals surface area contributed by atoms with Gasteiger partial charge in [0.1, 0.15) is 35.6 Å². The third-order valence-electron chi connectivity index (χ3n) is 15.4. The van der Waals surface area contributed by atoms with E-state index in [-0.39, 0.29) is 66.7 Å². The van der Waals surface area contributed by atoms with E-state index in [1.165, 1.54) is 13.0 Å². The second-order valence-electron chi connectivity index (χ2n) is 20.2.